The zero-order valence-corrected chi connectivity index (χ0v) is 13.0. The molecular weight excluding hydrogens is 306 g/mol. The lowest BCUT2D eigenvalue weighted by Crippen LogP contribution is -2.16. The van der Waals surface area contributed by atoms with Crippen molar-refractivity contribution in [2.75, 3.05) is 0 Å². The van der Waals surface area contributed by atoms with Crippen LogP contribution < -0.4 is 0 Å². The lowest BCUT2D eigenvalue weighted by Gasteiger charge is -2.00. The average Bonchev–Trinajstić information content (AvgIpc) is 2.84. The number of benzene rings is 2. The van der Waals surface area contributed by atoms with E-state index in [1.54, 1.807) is 12.1 Å². The predicted molar refractivity (Wildman–Crippen MR) is 89.5 cm³/mol. The van der Waals surface area contributed by atoms with Crippen LogP contribution in [0.25, 0.3) is 0 Å². The van der Waals surface area contributed by atoms with Crippen LogP contribution in [-0.2, 0) is 6.42 Å². The van der Waals surface area contributed by atoms with Crippen LogP contribution in [0, 0.1) is 5.92 Å². The minimum Gasteiger partial charge on any atom is -0.478 e. The molecule has 0 saturated carbocycles. The second kappa shape index (κ2) is 6.20. The van der Waals surface area contributed by atoms with Gasteiger partial charge in [-0.15, -0.1) is 0 Å². The maximum atomic E-state index is 12.5. The molecule has 1 aliphatic rings. The Morgan fingerprint density at radius 1 is 1.08 bits per heavy atom. The number of nitrogens with zero attached hydrogens (tertiary/aromatic N) is 1. The van der Waals surface area contributed by atoms with E-state index in [0.29, 0.717) is 16.8 Å². The first-order chi connectivity index (χ1) is 11.5. The third kappa shape index (κ3) is 2.76. The number of rotatable bonds is 4. The van der Waals surface area contributed by atoms with Gasteiger partial charge in [0.05, 0.1) is 11.3 Å². The van der Waals surface area contributed by atoms with Crippen LogP contribution in [0.15, 0.2) is 47.5 Å². The van der Waals surface area contributed by atoms with Crippen molar-refractivity contribution in [1.82, 2.24) is 0 Å². The third-order valence-corrected chi connectivity index (χ3v) is 4.08. The highest BCUT2D eigenvalue weighted by Crippen LogP contribution is 2.27. The van der Waals surface area contributed by atoms with Gasteiger partial charge in [-0.1, -0.05) is 19.1 Å². The Bertz CT molecular complexity index is 865. The molecule has 1 aliphatic carbocycles. The summed E-state index contributed by atoms with van der Waals surface area (Å²) in [6.07, 6.45) is 2.13. The zero-order chi connectivity index (χ0) is 17.3. The van der Waals surface area contributed by atoms with Crippen molar-refractivity contribution < 1.29 is 19.5 Å². The van der Waals surface area contributed by atoms with Gasteiger partial charge in [-0.05, 0) is 42.3 Å². The van der Waals surface area contributed by atoms with Crippen LogP contribution in [0.5, 0.6) is 0 Å². The molecule has 3 rings (SSSR count). The molecule has 0 fully saturated rings. The van der Waals surface area contributed by atoms with E-state index in [0.717, 1.165) is 12.0 Å². The first-order valence-corrected chi connectivity index (χ1v) is 7.60. The number of ketones is 2. The lowest BCUT2D eigenvalue weighted by atomic mass is 10.0. The van der Waals surface area contributed by atoms with Gasteiger partial charge in [0.25, 0.3) is 0 Å². The molecule has 0 bridgehead atoms. The van der Waals surface area contributed by atoms with E-state index in [4.69, 9.17) is 5.11 Å². The molecule has 1 N–H and O–H groups in total. The number of aromatic carboxylic acids is 1. The van der Waals surface area contributed by atoms with Crippen molar-refractivity contribution in [3.05, 3.63) is 64.7 Å². The zero-order valence-electron chi connectivity index (χ0n) is 13.0. The van der Waals surface area contributed by atoms with E-state index in [1.807, 2.05) is 13.0 Å². The number of carboxylic acid groups (broad SMARTS) is 1. The van der Waals surface area contributed by atoms with Crippen LogP contribution in [0.3, 0.4) is 0 Å². The normalized spacial score (nSPS) is 16.6. The number of aryl methyl sites for hydroxylation is 1. The summed E-state index contributed by atoms with van der Waals surface area (Å²) in [5, 5.41) is 8.86. The van der Waals surface area contributed by atoms with E-state index in [9.17, 15) is 14.4 Å². The lowest BCUT2D eigenvalue weighted by molar-refractivity contribution is 0.0696. The molecule has 2 aromatic rings. The van der Waals surface area contributed by atoms with Crippen molar-refractivity contribution in [3.8, 4) is 0 Å². The topological polar surface area (TPSA) is 83.8 Å². The summed E-state index contributed by atoms with van der Waals surface area (Å²) < 4.78 is 0. The van der Waals surface area contributed by atoms with Crippen molar-refractivity contribution in [2.24, 2.45) is 10.9 Å². The first kappa shape index (κ1) is 15.8. The van der Waals surface area contributed by atoms with Gasteiger partial charge in [-0.25, -0.2) is 4.79 Å². The SMILES string of the molecule is CCc1ccc2c(c1)C(=O)C(C=Nc1ccc(C(=O)O)cc1)C2=O. The molecule has 5 heteroatoms. The number of hydrogen-bond acceptors (Lipinski definition) is 4. The maximum Gasteiger partial charge on any atom is 0.335 e. The largest absolute Gasteiger partial charge is 0.478 e. The molecule has 0 aromatic heterocycles. The van der Waals surface area contributed by atoms with Gasteiger partial charge < -0.3 is 5.11 Å². The standard InChI is InChI=1S/C19H15NO4/c1-2-11-3-8-14-15(9-11)18(22)16(17(14)21)10-20-13-6-4-12(5-7-13)19(23)24/h3-10,16H,2H2,1H3,(H,23,24). The highest BCUT2D eigenvalue weighted by Gasteiger charge is 2.37. The molecule has 2 aromatic carbocycles. The summed E-state index contributed by atoms with van der Waals surface area (Å²) >= 11 is 0. The van der Waals surface area contributed by atoms with Crippen molar-refractivity contribution in [1.29, 1.82) is 0 Å². The fourth-order valence-electron chi connectivity index (χ4n) is 2.67. The molecule has 120 valence electrons. The van der Waals surface area contributed by atoms with Crippen LogP contribution in [0.2, 0.25) is 0 Å². The van der Waals surface area contributed by atoms with Gasteiger partial charge in [0.1, 0.15) is 5.92 Å². The molecule has 0 spiro atoms. The second-order valence-corrected chi connectivity index (χ2v) is 5.57. The Labute approximate surface area is 138 Å². The van der Waals surface area contributed by atoms with Gasteiger partial charge in [0.15, 0.2) is 11.6 Å². The number of carbonyl (C=O) groups is 3. The monoisotopic (exact) mass is 321 g/mol. The molecule has 0 aliphatic heterocycles. The first-order valence-electron chi connectivity index (χ1n) is 7.60. The minimum absolute atomic E-state index is 0.154. The second-order valence-electron chi connectivity index (χ2n) is 5.57. The quantitative estimate of drug-likeness (QED) is 0.691. The highest BCUT2D eigenvalue weighted by atomic mass is 16.4. The molecule has 0 amide bonds. The summed E-state index contributed by atoms with van der Waals surface area (Å²) in [7, 11) is 0. The number of Topliss-reactive ketones (excluding diaryl/α,β-unsaturated/α-hetero) is 2. The van der Waals surface area contributed by atoms with Crippen molar-refractivity contribution in [3.63, 3.8) is 0 Å². The Hall–Kier alpha value is -3.08. The Balaban J connectivity index is 1.84. The summed E-state index contributed by atoms with van der Waals surface area (Å²) in [6, 6.07) is 11.2. The molecule has 1 unspecified atom stereocenters. The van der Waals surface area contributed by atoms with Crippen LogP contribution >= 0.6 is 0 Å². The van der Waals surface area contributed by atoms with Crippen molar-refractivity contribution in [2.45, 2.75) is 13.3 Å². The van der Waals surface area contributed by atoms with Gasteiger partial charge in [0, 0.05) is 17.3 Å². The molecule has 24 heavy (non-hydrogen) atoms. The number of carbonyl (C=O) groups excluding carboxylic acids is 2. The summed E-state index contributed by atoms with van der Waals surface area (Å²) in [5.74, 6) is -2.42. The number of hydrogen-bond donors (Lipinski definition) is 1. The van der Waals surface area contributed by atoms with Gasteiger partial charge in [0.2, 0.25) is 0 Å². The molecule has 1 atom stereocenters. The Kier molecular flexibility index (Phi) is 4.08. The average molecular weight is 321 g/mol. The summed E-state index contributed by atoms with van der Waals surface area (Å²) in [4.78, 5) is 39.8. The number of carboxylic acids is 1. The van der Waals surface area contributed by atoms with E-state index in [-0.39, 0.29) is 17.1 Å². The van der Waals surface area contributed by atoms with Gasteiger partial charge in [-0.2, -0.15) is 0 Å². The fourth-order valence-corrected chi connectivity index (χ4v) is 2.67. The van der Waals surface area contributed by atoms with Gasteiger partial charge in [-0.3, -0.25) is 14.6 Å². The van der Waals surface area contributed by atoms with E-state index < -0.39 is 11.9 Å². The number of fused-ring (bicyclic) bond motifs is 1. The fraction of sp³-hybridized carbons (Fsp3) is 0.158. The Morgan fingerprint density at radius 3 is 2.38 bits per heavy atom. The predicted octanol–water partition coefficient (Wildman–Crippen LogP) is 3.34. The summed E-state index contributed by atoms with van der Waals surface area (Å²) in [5.41, 5.74) is 2.55. The van der Waals surface area contributed by atoms with Crippen LogP contribution in [0.4, 0.5) is 5.69 Å². The molecule has 0 radical (unpaired) electrons. The van der Waals surface area contributed by atoms with Crippen LogP contribution in [0.1, 0.15) is 43.6 Å². The summed E-state index contributed by atoms with van der Waals surface area (Å²) in [6.45, 7) is 1.99. The molecule has 0 heterocycles. The van der Waals surface area contributed by atoms with Gasteiger partial charge >= 0.3 is 5.97 Å². The van der Waals surface area contributed by atoms with E-state index in [2.05, 4.69) is 4.99 Å². The third-order valence-electron chi connectivity index (χ3n) is 4.08. The highest BCUT2D eigenvalue weighted by molar-refractivity contribution is 6.33. The van der Waals surface area contributed by atoms with E-state index in [1.165, 1.54) is 30.5 Å². The van der Waals surface area contributed by atoms with E-state index >= 15 is 0 Å². The Morgan fingerprint density at radius 2 is 1.75 bits per heavy atom. The maximum absolute atomic E-state index is 12.5. The molecular formula is C19H15NO4. The molecule has 0 saturated heterocycles. The smallest absolute Gasteiger partial charge is 0.335 e. The number of aliphatic imine (C=N–C) groups is 1. The molecule has 5 nitrogen and oxygen atoms in total. The minimum atomic E-state index is -1.02. The van der Waals surface area contributed by atoms with Crippen LogP contribution in [-0.4, -0.2) is 28.9 Å². The van der Waals surface area contributed by atoms with Crippen molar-refractivity contribution >= 4 is 29.4 Å².